The van der Waals surface area contributed by atoms with Crippen molar-refractivity contribution in [3.05, 3.63) is 59.1 Å². The van der Waals surface area contributed by atoms with Crippen LogP contribution in [0.1, 0.15) is 25.3 Å². The van der Waals surface area contributed by atoms with Gasteiger partial charge in [0.25, 0.3) is 0 Å². The number of halogens is 1. The molecule has 1 amide bonds. The van der Waals surface area contributed by atoms with Crippen LogP contribution in [0.5, 0.6) is 5.75 Å². The van der Waals surface area contributed by atoms with Crippen LogP contribution < -0.4 is 10.1 Å². The Morgan fingerprint density at radius 1 is 1.20 bits per heavy atom. The molecule has 1 heterocycles. The van der Waals surface area contributed by atoms with Gasteiger partial charge < -0.3 is 10.1 Å². The van der Waals surface area contributed by atoms with E-state index in [1.165, 1.54) is 16.4 Å². The second-order valence-electron chi connectivity index (χ2n) is 7.69. The standard InChI is InChI=1S/C22H27ClN2O4S/c1-16-5-9-20(10-6-16)29-15-17(2)24-22(26)18-4-3-13-25(14-18)30(27,28)21-11-7-19(23)8-12-21/h5-12,17-18H,3-4,13-15H2,1-2H3,(H,24,26). The minimum atomic E-state index is -3.65. The van der Waals surface area contributed by atoms with E-state index in [-0.39, 0.29) is 29.3 Å². The lowest BCUT2D eigenvalue weighted by molar-refractivity contribution is -0.126. The van der Waals surface area contributed by atoms with Crippen molar-refractivity contribution >= 4 is 27.5 Å². The molecule has 1 saturated heterocycles. The number of benzene rings is 2. The molecule has 0 aliphatic carbocycles. The van der Waals surface area contributed by atoms with E-state index in [1.807, 2.05) is 38.1 Å². The molecule has 0 radical (unpaired) electrons. The Labute approximate surface area is 183 Å². The number of aryl methyl sites for hydroxylation is 1. The highest BCUT2D eigenvalue weighted by molar-refractivity contribution is 7.89. The lowest BCUT2D eigenvalue weighted by Gasteiger charge is -2.31. The van der Waals surface area contributed by atoms with Crippen molar-refractivity contribution in [3.8, 4) is 5.75 Å². The van der Waals surface area contributed by atoms with Gasteiger partial charge in [0.05, 0.1) is 16.9 Å². The number of amides is 1. The maximum atomic E-state index is 12.9. The molecule has 1 fully saturated rings. The van der Waals surface area contributed by atoms with Gasteiger partial charge in [-0.2, -0.15) is 4.31 Å². The van der Waals surface area contributed by atoms with Crippen molar-refractivity contribution < 1.29 is 17.9 Å². The molecule has 30 heavy (non-hydrogen) atoms. The first kappa shape index (κ1) is 22.6. The highest BCUT2D eigenvalue weighted by atomic mass is 35.5. The van der Waals surface area contributed by atoms with E-state index >= 15 is 0 Å². The van der Waals surface area contributed by atoms with Crippen molar-refractivity contribution in [2.45, 2.75) is 37.6 Å². The predicted molar refractivity (Wildman–Crippen MR) is 117 cm³/mol. The van der Waals surface area contributed by atoms with Gasteiger partial charge in [0.15, 0.2) is 0 Å². The van der Waals surface area contributed by atoms with Crippen LogP contribution in [0.15, 0.2) is 53.4 Å². The van der Waals surface area contributed by atoms with Crippen molar-refractivity contribution in [1.82, 2.24) is 9.62 Å². The molecular formula is C22H27ClN2O4S. The largest absolute Gasteiger partial charge is 0.491 e. The second kappa shape index (κ2) is 9.81. The summed E-state index contributed by atoms with van der Waals surface area (Å²) in [5.74, 6) is 0.216. The number of hydrogen-bond donors (Lipinski definition) is 1. The quantitative estimate of drug-likeness (QED) is 0.698. The number of ether oxygens (including phenoxy) is 1. The molecule has 1 aliphatic heterocycles. The van der Waals surface area contributed by atoms with E-state index in [9.17, 15) is 13.2 Å². The zero-order chi connectivity index (χ0) is 21.7. The molecule has 2 aromatic rings. The summed E-state index contributed by atoms with van der Waals surface area (Å²) in [7, 11) is -3.65. The fourth-order valence-electron chi connectivity index (χ4n) is 3.39. The van der Waals surface area contributed by atoms with E-state index < -0.39 is 10.0 Å². The summed E-state index contributed by atoms with van der Waals surface area (Å²) in [6, 6.07) is 13.6. The highest BCUT2D eigenvalue weighted by Crippen LogP contribution is 2.25. The molecule has 1 N–H and O–H groups in total. The van der Waals surface area contributed by atoms with Crippen molar-refractivity contribution in [2.24, 2.45) is 5.92 Å². The molecule has 2 atom stereocenters. The Morgan fingerprint density at radius 2 is 1.87 bits per heavy atom. The van der Waals surface area contributed by atoms with Crippen LogP contribution in [0.25, 0.3) is 0 Å². The van der Waals surface area contributed by atoms with Gasteiger partial charge in [-0.15, -0.1) is 0 Å². The normalized spacial score (nSPS) is 18.6. The van der Waals surface area contributed by atoms with Crippen molar-refractivity contribution in [2.75, 3.05) is 19.7 Å². The van der Waals surface area contributed by atoms with E-state index in [0.29, 0.717) is 31.0 Å². The number of piperidine rings is 1. The van der Waals surface area contributed by atoms with Crippen LogP contribution in [-0.4, -0.2) is 44.4 Å². The van der Waals surface area contributed by atoms with Crippen LogP contribution >= 0.6 is 11.6 Å². The molecule has 162 valence electrons. The van der Waals surface area contributed by atoms with Gasteiger partial charge in [0.1, 0.15) is 12.4 Å². The number of nitrogens with one attached hydrogen (secondary N) is 1. The second-order valence-corrected chi connectivity index (χ2v) is 10.1. The lowest BCUT2D eigenvalue weighted by atomic mass is 9.98. The molecular weight excluding hydrogens is 424 g/mol. The summed E-state index contributed by atoms with van der Waals surface area (Å²) in [6.45, 7) is 4.79. The molecule has 0 spiro atoms. The zero-order valence-electron chi connectivity index (χ0n) is 17.2. The van der Waals surface area contributed by atoms with E-state index in [0.717, 1.165) is 11.3 Å². The fraction of sp³-hybridized carbons (Fsp3) is 0.409. The summed E-state index contributed by atoms with van der Waals surface area (Å²) in [5, 5.41) is 3.43. The molecule has 2 aromatic carbocycles. The first-order valence-electron chi connectivity index (χ1n) is 10.0. The average Bonchev–Trinajstić information content (AvgIpc) is 2.74. The molecule has 8 heteroatoms. The van der Waals surface area contributed by atoms with E-state index in [1.54, 1.807) is 12.1 Å². The van der Waals surface area contributed by atoms with Crippen LogP contribution in [0, 0.1) is 12.8 Å². The Bertz CT molecular complexity index is 962. The van der Waals surface area contributed by atoms with E-state index in [4.69, 9.17) is 16.3 Å². The number of carbonyl (C=O) groups excluding carboxylic acids is 1. The molecule has 0 saturated carbocycles. The fourth-order valence-corrected chi connectivity index (χ4v) is 5.04. The first-order chi connectivity index (χ1) is 14.3. The number of hydrogen-bond acceptors (Lipinski definition) is 4. The topological polar surface area (TPSA) is 75.7 Å². The molecule has 0 bridgehead atoms. The molecule has 2 unspecified atom stereocenters. The highest BCUT2D eigenvalue weighted by Gasteiger charge is 2.33. The lowest BCUT2D eigenvalue weighted by Crippen LogP contribution is -2.48. The summed E-state index contributed by atoms with van der Waals surface area (Å²) in [4.78, 5) is 12.9. The third kappa shape index (κ3) is 5.74. The smallest absolute Gasteiger partial charge is 0.243 e. The number of sulfonamides is 1. The van der Waals surface area contributed by atoms with Crippen LogP contribution in [0.4, 0.5) is 0 Å². The monoisotopic (exact) mass is 450 g/mol. The number of nitrogens with zero attached hydrogens (tertiary/aromatic N) is 1. The Morgan fingerprint density at radius 3 is 2.53 bits per heavy atom. The molecule has 3 rings (SSSR count). The molecule has 6 nitrogen and oxygen atoms in total. The van der Waals surface area contributed by atoms with Gasteiger partial charge in [-0.3, -0.25) is 4.79 Å². The average molecular weight is 451 g/mol. The van der Waals surface area contributed by atoms with Gasteiger partial charge in [-0.1, -0.05) is 29.3 Å². The zero-order valence-corrected chi connectivity index (χ0v) is 18.7. The maximum absolute atomic E-state index is 12.9. The third-order valence-corrected chi connectivity index (χ3v) is 7.25. The summed E-state index contributed by atoms with van der Waals surface area (Å²) in [6.07, 6.45) is 1.29. The van der Waals surface area contributed by atoms with Gasteiger partial charge in [-0.25, -0.2) is 8.42 Å². The Hall–Kier alpha value is -2.09. The van der Waals surface area contributed by atoms with Crippen LogP contribution in [0.2, 0.25) is 5.02 Å². The van der Waals surface area contributed by atoms with Gasteiger partial charge in [0.2, 0.25) is 15.9 Å². The van der Waals surface area contributed by atoms with Crippen molar-refractivity contribution in [3.63, 3.8) is 0 Å². The van der Waals surface area contributed by atoms with Gasteiger partial charge in [-0.05, 0) is 63.1 Å². The van der Waals surface area contributed by atoms with E-state index in [2.05, 4.69) is 5.32 Å². The van der Waals surface area contributed by atoms with Crippen molar-refractivity contribution in [1.29, 1.82) is 0 Å². The SMILES string of the molecule is Cc1ccc(OCC(C)NC(=O)C2CCCN(S(=O)(=O)c3ccc(Cl)cc3)C2)cc1. The number of carbonyl (C=O) groups is 1. The minimum absolute atomic E-state index is 0.147. The molecule has 0 aromatic heterocycles. The van der Waals surface area contributed by atoms with Crippen LogP contribution in [0.3, 0.4) is 0 Å². The maximum Gasteiger partial charge on any atom is 0.243 e. The number of rotatable bonds is 7. The van der Waals surface area contributed by atoms with Gasteiger partial charge in [0, 0.05) is 18.1 Å². The summed E-state index contributed by atoms with van der Waals surface area (Å²) >= 11 is 5.86. The summed E-state index contributed by atoms with van der Waals surface area (Å²) in [5.41, 5.74) is 1.15. The minimum Gasteiger partial charge on any atom is -0.491 e. The Balaban J connectivity index is 1.55. The third-order valence-electron chi connectivity index (χ3n) is 5.12. The predicted octanol–water partition coefficient (Wildman–Crippen LogP) is 3.63. The molecule has 1 aliphatic rings. The van der Waals surface area contributed by atoms with Crippen LogP contribution in [-0.2, 0) is 14.8 Å². The summed E-state index contributed by atoms with van der Waals surface area (Å²) < 4.78 is 32.9. The van der Waals surface area contributed by atoms with Gasteiger partial charge >= 0.3 is 0 Å². The first-order valence-corrected chi connectivity index (χ1v) is 11.8. The Kier molecular flexibility index (Phi) is 7.39.